The van der Waals surface area contributed by atoms with Crippen molar-refractivity contribution in [2.24, 2.45) is 10.7 Å². The number of morpholine rings is 1. The zero-order chi connectivity index (χ0) is 28.4. The highest BCUT2D eigenvalue weighted by Gasteiger charge is 2.34. The van der Waals surface area contributed by atoms with Gasteiger partial charge in [0.2, 0.25) is 0 Å². The lowest BCUT2D eigenvalue weighted by Gasteiger charge is -2.35. The van der Waals surface area contributed by atoms with Crippen LogP contribution in [-0.4, -0.2) is 66.6 Å². The number of alkyl halides is 3. The number of carbonyl (C=O) groups excluding carboxylic acids is 1. The average Bonchev–Trinajstić information content (AvgIpc) is 3.33. The van der Waals surface area contributed by atoms with Crippen LogP contribution < -0.4 is 26.7 Å². The Balaban J connectivity index is 1.37. The number of nitrogens with zero attached hydrogens (tertiary/aromatic N) is 3. The smallest absolute Gasteiger partial charge is 0.418 e. The molecule has 0 bridgehead atoms. The van der Waals surface area contributed by atoms with E-state index >= 15 is 0 Å². The van der Waals surface area contributed by atoms with Crippen molar-refractivity contribution in [3.8, 4) is 11.1 Å². The van der Waals surface area contributed by atoms with Crippen LogP contribution in [-0.2, 0) is 10.9 Å². The van der Waals surface area contributed by atoms with E-state index < -0.39 is 23.7 Å². The number of carboxylic acids is 1. The maximum absolute atomic E-state index is 13.2. The summed E-state index contributed by atoms with van der Waals surface area (Å²) < 4.78 is 47.0. The molecule has 3 heterocycles. The van der Waals surface area contributed by atoms with Crippen LogP contribution in [0.25, 0.3) is 11.1 Å². The molecule has 0 aliphatic carbocycles. The van der Waals surface area contributed by atoms with Gasteiger partial charge in [-0.15, -0.1) is 0 Å². The van der Waals surface area contributed by atoms with Gasteiger partial charge in [-0.25, -0.2) is 19.3 Å². The van der Waals surface area contributed by atoms with E-state index in [1.54, 1.807) is 29.3 Å². The highest BCUT2D eigenvalue weighted by Crippen LogP contribution is 2.35. The number of urea groups is 1. The SMILES string of the molecule is NC1=NCN(CC2CNCCO2)n2c(C(=O)O)cc(-c3ccc(NC(=O)Nc4ccccc4C(F)(F)F)cc3)c21. The molecule has 210 valence electrons. The summed E-state index contributed by atoms with van der Waals surface area (Å²) in [5, 5.41) is 19.7. The first-order valence-electron chi connectivity index (χ1n) is 12.3. The molecule has 2 aliphatic rings. The molecule has 2 aliphatic heterocycles. The lowest BCUT2D eigenvalue weighted by atomic mass is 10.0. The molecule has 1 aromatic heterocycles. The van der Waals surface area contributed by atoms with Crippen molar-refractivity contribution in [2.75, 3.05) is 48.6 Å². The van der Waals surface area contributed by atoms with Crippen molar-refractivity contribution in [2.45, 2.75) is 12.3 Å². The zero-order valence-corrected chi connectivity index (χ0v) is 21.0. The summed E-state index contributed by atoms with van der Waals surface area (Å²) in [5.41, 5.74) is 6.71. The van der Waals surface area contributed by atoms with Gasteiger partial charge in [-0.3, -0.25) is 5.01 Å². The Bertz CT molecular complexity index is 1450. The number of nitrogens with one attached hydrogen (secondary N) is 3. The molecule has 2 aromatic carbocycles. The number of halogens is 3. The monoisotopic (exact) mass is 557 g/mol. The van der Waals surface area contributed by atoms with E-state index in [2.05, 4.69) is 20.9 Å². The molecule has 3 aromatic rings. The number of carbonyl (C=O) groups is 2. The number of amidine groups is 1. The van der Waals surface area contributed by atoms with Gasteiger partial charge >= 0.3 is 18.2 Å². The van der Waals surface area contributed by atoms with Crippen molar-refractivity contribution < 1.29 is 32.6 Å². The number of amides is 2. The molecule has 5 rings (SSSR count). The Hall–Kier alpha value is -4.56. The molecular weight excluding hydrogens is 531 g/mol. The lowest BCUT2D eigenvalue weighted by molar-refractivity contribution is -0.136. The maximum Gasteiger partial charge on any atom is 0.418 e. The average molecular weight is 558 g/mol. The zero-order valence-electron chi connectivity index (χ0n) is 21.0. The van der Waals surface area contributed by atoms with Crippen molar-refractivity contribution in [1.29, 1.82) is 0 Å². The number of fused-ring (bicyclic) bond motifs is 1. The second-order valence-electron chi connectivity index (χ2n) is 9.18. The maximum atomic E-state index is 13.2. The molecule has 1 saturated heterocycles. The Kier molecular flexibility index (Phi) is 7.36. The molecule has 0 radical (unpaired) electrons. The van der Waals surface area contributed by atoms with E-state index in [-0.39, 0.29) is 30.0 Å². The fraction of sp³-hybridized carbons (Fsp3) is 0.269. The highest BCUT2D eigenvalue weighted by molar-refractivity contribution is 6.06. The molecule has 0 spiro atoms. The summed E-state index contributed by atoms with van der Waals surface area (Å²) in [6.45, 7) is 2.45. The molecule has 14 heteroatoms. The van der Waals surface area contributed by atoms with Crippen molar-refractivity contribution in [3.63, 3.8) is 0 Å². The van der Waals surface area contributed by atoms with Crippen LogP contribution in [0.4, 0.5) is 29.3 Å². The van der Waals surface area contributed by atoms with E-state index in [0.717, 1.165) is 18.7 Å². The van der Waals surface area contributed by atoms with Gasteiger partial charge in [0, 0.05) is 24.3 Å². The summed E-state index contributed by atoms with van der Waals surface area (Å²) in [7, 11) is 0. The fourth-order valence-electron chi connectivity index (χ4n) is 4.68. The van der Waals surface area contributed by atoms with E-state index in [1.165, 1.54) is 22.9 Å². The predicted molar refractivity (Wildman–Crippen MR) is 142 cm³/mol. The molecular formula is C26H26F3N7O4. The third-order valence-corrected chi connectivity index (χ3v) is 6.48. The van der Waals surface area contributed by atoms with E-state index in [4.69, 9.17) is 10.5 Å². The number of aromatic carboxylic acids is 1. The molecule has 1 atom stereocenters. The van der Waals surface area contributed by atoms with E-state index in [1.807, 2.05) is 0 Å². The van der Waals surface area contributed by atoms with E-state index in [9.17, 15) is 27.9 Å². The third-order valence-electron chi connectivity index (χ3n) is 6.48. The van der Waals surface area contributed by atoms with Crippen molar-refractivity contribution in [1.82, 2.24) is 9.99 Å². The first kappa shape index (κ1) is 27.0. The Morgan fingerprint density at radius 2 is 1.90 bits per heavy atom. The minimum atomic E-state index is -4.63. The standard InChI is InChI=1S/C26H26F3N7O4/c27-26(28,29)19-3-1-2-4-20(19)34-25(39)33-16-7-5-15(6-8-16)18-11-21(24(37)38)36-22(18)23(30)32-14-35(36)13-17-12-31-9-10-40-17/h1-8,11,17,31H,9-10,12-14H2,(H2,30,32)(H,37,38)(H2,33,34,39). The molecule has 1 fully saturated rings. The molecule has 2 amide bonds. The van der Waals surface area contributed by atoms with Gasteiger partial charge in [-0.05, 0) is 35.9 Å². The largest absolute Gasteiger partial charge is 0.477 e. The Morgan fingerprint density at radius 1 is 1.15 bits per heavy atom. The van der Waals surface area contributed by atoms with Crippen LogP contribution in [0.3, 0.4) is 0 Å². The Morgan fingerprint density at radius 3 is 2.58 bits per heavy atom. The molecule has 11 nitrogen and oxygen atoms in total. The van der Waals surface area contributed by atoms with Gasteiger partial charge in [-0.2, -0.15) is 13.2 Å². The lowest BCUT2D eigenvalue weighted by Crippen LogP contribution is -2.52. The van der Waals surface area contributed by atoms with Gasteiger partial charge < -0.3 is 31.5 Å². The number of aromatic nitrogens is 1. The number of hydrogen-bond donors (Lipinski definition) is 5. The number of benzene rings is 2. The topological polar surface area (TPSA) is 146 Å². The molecule has 6 N–H and O–H groups in total. The normalized spacial score (nSPS) is 17.1. The number of anilines is 2. The number of rotatable bonds is 6. The second kappa shape index (κ2) is 10.9. The van der Waals surface area contributed by atoms with Crippen LogP contribution in [0.1, 0.15) is 21.7 Å². The van der Waals surface area contributed by atoms with Gasteiger partial charge in [0.1, 0.15) is 23.9 Å². The minimum Gasteiger partial charge on any atom is -0.477 e. The second-order valence-corrected chi connectivity index (χ2v) is 9.18. The van der Waals surface area contributed by atoms with E-state index in [0.29, 0.717) is 42.2 Å². The minimum absolute atomic E-state index is 0.00321. The number of hydrogen-bond acceptors (Lipinski definition) is 7. The van der Waals surface area contributed by atoms with Gasteiger partial charge in [-0.1, -0.05) is 24.3 Å². The van der Waals surface area contributed by atoms with Crippen LogP contribution in [0.5, 0.6) is 0 Å². The molecule has 0 saturated carbocycles. The van der Waals surface area contributed by atoms with Gasteiger partial charge in [0.15, 0.2) is 0 Å². The first-order chi connectivity index (χ1) is 19.1. The molecule has 40 heavy (non-hydrogen) atoms. The first-order valence-corrected chi connectivity index (χ1v) is 12.3. The number of nitrogens with two attached hydrogens (primary N) is 1. The van der Waals surface area contributed by atoms with Crippen molar-refractivity contribution in [3.05, 3.63) is 71.5 Å². The van der Waals surface area contributed by atoms with Gasteiger partial charge in [0.05, 0.1) is 30.5 Å². The summed E-state index contributed by atoms with van der Waals surface area (Å²) >= 11 is 0. The summed E-state index contributed by atoms with van der Waals surface area (Å²) in [6.07, 6.45) is -4.79. The number of para-hydroxylation sites is 1. The summed E-state index contributed by atoms with van der Waals surface area (Å²) in [5.74, 6) is -0.977. The quantitative estimate of drug-likeness (QED) is 0.313. The Labute approximate surface area is 226 Å². The van der Waals surface area contributed by atoms with Crippen LogP contribution >= 0.6 is 0 Å². The highest BCUT2D eigenvalue weighted by atomic mass is 19.4. The number of carboxylic acid groups (broad SMARTS) is 1. The summed E-state index contributed by atoms with van der Waals surface area (Å²) in [4.78, 5) is 29.0. The fourth-order valence-corrected chi connectivity index (χ4v) is 4.68. The van der Waals surface area contributed by atoms with Crippen LogP contribution in [0.2, 0.25) is 0 Å². The number of ether oxygens (including phenoxy) is 1. The van der Waals surface area contributed by atoms with Crippen molar-refractivity contribution >= 4 is 29.2 Å². The number of aliphatic imine (C=N–C) groups is 1. The van der Waals surface area contributed by atoms with Gasteiger partial charge in [0.25, 0.3) is 0 Å². The van der Waals surface area contributed by atoms with Crippen LogP contribution in [0, 0.1) is 0 Å². The molecule has 1 unspecified atom stereocenters. The summed E-state index contributed by atoms with van der Waals surface area (Å²) in [6, 6.07) is 11.7. The third kappa shape index (κ3) is 5.58. The van der Waals surface area contributed by atoms with Crippen LogP contribution in [0.15, 0.2) is 59.6 Å². The predicted octanol–water partition coefficient (Wildman–Crippen LogP) is 3.12.